The van der Waals surface area contributed by atoms with Crippen LogP contribution in [0.1, 0.15) is 38.9 Å². The minimum atomic E-state index is 0.589. The van der Waals surface area contributed by atoms with Gasteiger partial charge in [-0.3, -0.25) is 13.7 Å². The molecule has 0 spiro atoms. The summed E-state index contributed by atoms with van der Waals surface area (Å²) in [5.74, 6) is 1.52. The molecule has 5 aromatic carbocycles. The van der Waals surface area contributed by atoms with Crippen LogP contribution in [0.2, 0.25) is 0 Å². The van der Waals surface area contributed by atoms with E-state index in [2.05, 4.69) is 159 Å². The standard InChI is InChI=1S/C47H38N6/c1-28-23-30(3)40(31(4)24-28)42-46(49-44-38-13-9-7-11-35(38)19-21-51(42)44)53(37-17-15-34(27-48)16-18-37)47-43(41-32(5)25-29(2)26-33(41)6)52-22-20-36-12-8-10-14-39(36)45(52)50-47/h7-26H,1-6H3. The molecule has 4 aromatic heterocycles. The molecule has 0 bridgehead atoms. The molecule has 6 heteroatoms. The van der Waals surface area contributed by atoms with E-state index in [1.165, 1.54) is 33.4 Å². The SMILES string of the molecule is Cc1cc(C)c(-c2c(N(c3ccc(C#N)cc3)c3nc4c5ccccc5ccn4c3-c3c(C)cc(C)cc3C)nc3c4ccccc4ccn23)c(C)c1. The van der Waals surface area contributed by atoms with Gasteiger partial charge in [0, 0.05) is 40.0 Å². The minimum absolute atomic E-state index is 0.589. The molecular weight excluding hydrogens is 649 g/mol. The number of hydrogen-bond donors (Lipinski definition) is 0. The fourth-order valence-corrected chi connectivity index (χ4v) is 8.43. The lowest BCUT2D eigenvalue weighted by atomic mass is 9.96. The van der Waals surface area contributed by atoms with Gasteiger partial charge in [0.2, 0.25) is 0 Å². The number of benzene rings is 5. The second-order valence-electron chi connectivity index (χ2n) is 14.3. The van der Waals surface area contributed by atoms with Gasteiger partial charge < -0.3 is 0 Å². The zero-order valence-corrected chi connectivity index (χ0v) is 30.7. The predicted octanol–water partition coefficient (Wildman–Crippen LogP) is 11.8. The fraction of sp³-hybridized carbons (Fsp3) is 0.128. The summed E-state index contributed by atoms with van der Waals surface area (Å²) in [6, 6.07) is 40.3. The zero-order chi connectivity index (χ0) is 36.5. The Kier molecular flexibility index (Phi) is 7.42. The van der Waals surface area contributed by atoms with Gasteiger partial charge in [0.25, 0.3) is 0 Å². The Morgan fingerprint density at radius 1 is 0.528 bits per heavy atom. The van der Waals surface area contributed by atoms with Crippen LogP contribution < -0.4 is 4.90 Å². The summed E-state index contributed by atoms with van der Waals surface area (Å²) in [4.78, 5) is 13.5. The van der Waals surface area contributed by atoms with E-state index in [4.69, 9.17) is 9.97 Å². The zero-order valence-electron chi connectivity index (χ0n) is 30.7. The topological polar surface area (TPSA) is 61.6 Å². The number of fused-ring (bicyclic) bond motifs is 6. The van der Waals surface area contributed by atoms with E-state index in [-0.39, 0.29) is 0 Å². The maximum atomic E-state index is 9.85. The summed E-state index contributed by atoms with van der Waals surface area (Å²) >= 11 is 0. The van der Waals surface area contributed by atoms with Crippen LogP contribution >= 0.6 is 0 Å². The molecule has 0 aliphatic rings. The van der Waals surface area contributed by atoms with Crippen molar-refractivity contribution in [2.75, 3.05) is 4.90 Å². The van der Waals surface area contributed by atoms with Crippen LogP contribution in [0.5, 0.6) is 0 Å². The van der Waals surface area contributed by atoms with Crippen molar-refractivity contribution in [3.8, 4) is 28.6 Å². The maximum Gasteiger partial charge on any atom is 0.166 e. The van der Waals surface area contributed by atoms with Crippen molar-refractivity contribution in [3.63, 3.8) is 0 Å². The number of aromatic nitrogens is 4. The van der Waals surface area contributed by atoms with Crippen molar-refractivity contribution in [2.45, 2.75) is 41.5 Å². The molecule has 6 nitrogen and oxygen atoms in total. The molecule has 0 amide bonds. The van der Waals surface area contributed by atoms with Crippen LogP contribution in [0.25, 0.3) is 55.4 Å². The molecule has 0 aliphatic carbocycles. The average Bonchev–Trinajstić information content (AvgIpc) is 3.71. The lowest BCUT2D eigenvalue weighted by Crippen LogP contribution is -2.14. The highest BCUT2D eigenvalue weighted by Gasteiger charge is 2.31. The predicted molar refractivity (Wildman–Crippen MR) is 218 cm³/mol. The maximum absolute atomic E-state index is 9.85. The van der Waals surface area contributed by atoms with Gasteiger partial charge in [-0.25, -0.2) is 9.97 Å². The van der Waals surface area contributed by atoms with Crippen molar-refractivity contribution in [1.29, 1.82) is 5.26 Å². The monoisotopic (exact) mass is 686 g/mol. The van der Waals surface area contributed by atoms with E-state index in [1.54, 1.807) is 0 Å². The largest absolute Gasteiger partial charge is 0.297 e. The van der Waals surface area contributed by atoms with Gasteiger partial charge in [0.1, 0.15) is 11.3 Å². The summed E-state index contributed by atoms with van der Waals surface area (Å²) in [6.07, 6.45) is 4.29. The van der Waals surface area contributed by atoms with Crippen molar-refractivity contribution < 1.29 is 0 Å². The van der Waals surface area contributed by atoms with Crippen molar-refractivity contribution in [2.24, 2.45) is 0 Å². The van der Waals surface area contributed by atoms with Gasteiger partial charge in [-0.05, 0) is 111 Å². The van der Waals surface area contributed by atoms with Crippen LogP contribution in [-0.4, -0.2) is 18.8 Å². The number of pyridine rings is 2. The van der Waals surface area contributed by atoms with Crippen LogP contribution in [-0.2, 0) is 0 Å². The first-order valence-electron chi connectivity index (χ1n) is 18.0. The third-order valence-corrected chi connectivity index (χ3v) is 10.5. The lowest BCUT2D eigenvalue weighted by Gasteiger charge is -2.25. The summed E-state index contributed by atoms with van der Waals surface area (Å²) in [5, 5.41) is 14.2. The fourth-order valence-electron chi connectivity index (χ4n) is 8.43. The molecule has 9 aromatic rings. The number of nitriles is 1. The van der Waals surface area contributed by atoms with Crippen molar-refractivity contribution in [1.82, 2.24) is 18.8 Å². The Labute approximate surface area is 308 Å². The lowest BCUT2D eigenvalue weighted by molar-refractivity contribution is 1.16. The summed E-state index contributed by atoms with van der Waals surface area (Å²) in [7, 11) is 0. The molecule has 0 unspecified atom stereocenters. The Morgan fingerprint density at radius 3 is 1.36 bits per heavy atom. The van der Waals surface area contributed by atoms with E-state index >= 15 is 0 Å². The first-order chi connectivity index (χ1) is 25.7. The van der Waals surface area contributed by atoms with E-state index in [9.17, 15) is 5.26 Å². The number of anilines is 3. The molecule has 0 saturated carbocycles. The number of imidazole rings is 2. The minimum Gasteiger partial charge on any atom is -0.297 e. The number of hydrogen-bond acceptors (Lipinski definition) is 4. The Morgan fingerprint density at radius 2 is 0.943 bits per heavy atom. The van der Waals surface area contributed by atoms with E-state index in [0.717, 1.165) is 72.7 Å². The molecule has 0 atom stereocenters. The Balaban J connectivity index is 1.49. The molecule has 256 valence electrons. The number of rotatable bonds is 5. The molecule has 4 heterocycles. The van der Waals surface area contributed by atoms with Gasteiger partial charge in [0.15, 0.2) is 11.6 Å². The van der Waals surface area contributed by atoms with E-state index < -0.39 is 0 Å². The summed E-state index contributed by atoms with van der Waals surface area (Å²) in [6.45, 7) is 13.0. The number of nitrogens with zero attached hydrogens (tertiary/aromatic N) is 6. The molecule has 53 heavy (non-hydrogen) atoms. The van der Waals surface area contributed by atoms with Crippen LogP contribution in [0.3, 0.4) is 0 Å². The summed E-state index contributed by atoms with van der Waals surface area (Å²) < 4.78 is 4.48. The highest BCUT2D eigenvalue weighted by Crippen LogP contribution is 2.48. The summed E-state index contributed by atoms with van der Waals surface area (Å²) in [5.41, 5.74) is 14.5. The van der Waals surface area contributed by atoms with Crippen LogP contribution in [0.15, 0.2) is 122 Å². The van der Waals surface area contributed by atoms with Crippen LogP contribution in [0, 0.1) is 52.9 Å². The quantitative estimate of drug-likeness (QED) is 0.181. The van der Waals surface area contributed by atoms with Crippen molar-refractivity contribution in [3.05, 3.63) is 161 Å². The van der Waals surface area contributed by atoms with Gasteiger partial charge >= 0.3 is 0 Å². The Bertz CT molecular complexity index is 2750. The first kappa shape index (κ1) is 32.2. The molecule has 0 saturated heterocycles. The highest BCUT2D eigenvalue weighted by molar-refractivity contribution is 6.02. The molecular formula is C47H38N6. The molecule has 9 rings (SSSR count). The third kappa shape index (κ3) is 5.08. The highest BCUT2D eigenvalue weighted by atomic mass is 15.3. The average molecular weight is 687 g/mol. The molecule has 0 fully saturated rings. The second-order valence-corrected chi connectivity index (χ2v) is 14.3. The molecule has 0 radical (unpaired) electrons. The second kappa shape index (κ2) is 12.2. The normalized spacial score (nSPS) is 11.6. The first-order valence-corrected chi connectivity index (χ1v) is 18.0. The van der Waals surface area contributed by atoms with Gasteiger partial charge in [0.05, 0.1) is 23.0 Å². The van der Waals surface area contributed by atoms with Gasteiger partial charge in [-0.2, -0.15) is 5.26 Å². The van der Waals surface area contributed by atoms with Crippen molar-refractivity contribution >= 4 is 50.2 Å². The van der Waals surface area contributed by atoms with Gasteiger partial charge in [-0.15, -0.1) is 0 Å². The third-order valence-electron chi connectivity index (χ3n) is 10.5. The van der Waals surface area contributed by atoms with E-state index in [1.807, 2.05) is 24.3 Å². The number of aryl methyl sites for hydroxylation is 6. The van der Waals surface area contributed by atoms with Crippen LogP contribution in [0.4, 0.5) is 17.3 Å². The molecule has 0 N–H and O–H groups in total. The van der Waals surface area contributed by atoms with E-state index in [0.29, 0.717) is 5.56 Å². The molecule has 0 aliphatic heterocycles. The van der Waals surface area contributed by atoms with Gasteiger partial charge in [-0.1, -0.05) is 83.9 Å². The smallest absolute Gasteiger partial charge is 0.166 e. The Hall–Kier alpha value is -6.71.